The van der Waals surface area contributed by atoms with Gasteiger partial charge in [0, 0.05) is 5.56 Å². The predicted octanol–water partition coefficient (Wildman–Crippen LogP) is 4.76. The van der Waals surface area contributed by atoms with Crippen molar-refractivity contribution in [1.82, 2.24) is 0 Å². The van der Waals surface area contributed by atoms with E-state index in [0.29, 0.717) is 6.61 Å². The highest BCUT2D eigenvalue weighted by Gasteiger charge is 2.44. The van der Waals surface area contributed by atoms with Crippen LogP contribution in [0.3, 0.4) is 0 Å². The van der Waals surface area contributed by atoms with Crippen LogP contribution < -0.4 is 4.74 Å². The molecular formula is C21H16O2. The zero-order valence-electron chi connectivity index (χ0n) is 12.6. The molecule has 3 aromatic carbocycles. The van der Waals surface area contributed by atoms with Crippen molar-refractivity contribution >= 4 is 10.8 Å². The van der Waals surface area contributed by atoms with E-state index < -0.39 is 5.60 Å². The first-order chi connectivity index (χ1) is 11.3. The largest absolute Gasteiger partial charge is 0.489 e. The summed E-state index contributed by atoms with van der Waals surface area (Å²) in [4.78, 5) is 0. The normalized spacial score (nSPS) is 25.0. The standard InChI is InChI=1S/C21H16O2/c1-2-6-16-13-17(10-9-15(16)5-1)19-11-12-21(23-19)14-22-20-8-4-3-7-18(20)21/h1-13,19H,14H2/t19-,21+/m1/s1. The van der Waals surface area contributed by atoms with Gasteiger partial charge in [-0.3, -0.25) is 0 Å². The Labute approximate surface area is 135 Å². The highest BCUT2D eigenvalue weighted by molar-refractivity contribution is 5.83. The summed E-state index contributed by atoms with van der Waals surface area (Å²) in [5.41, 5.74) is 1.87. The molecular weight excluding hydrogens is 284 g/mol. The average Bonchev–Trinajstić information content (AvgIpc) is 3.21. The molecule has 23 heavy (non-hydrogen) atoms. The van der Waals surface area contributed by atoms with Crippen LogP contribution in [0.15, 0.2) is 78.9 Å². The molecule has 2 heterocycles. The van der Waals surface area contributed by atoms with Gasteiger partial charge in [0.05, 0.1) is 0 Å². The number of fused-ring (bicyclic) bond motifs is 3. The van der Waals surface area contributed by atoms with Crippen molar-refractivity contribution in [3.05, 3.63) is 90.0 Å². The molecule has 112 valence electrons. The Morgan fingerprint density at radius 1 is 0.870 bits per heavy atom. The van der Waals surface area contributed by atoms with Crippen molar-refractivity contribution in [2.24, 2.45) is 0 Å². The molecule has 0 aliphatic carbocycles. The van der Waals surface area contributed by atoms with Gasteiger partial charge in [0.2, 0.25) is 0 Å². The van der Waals surface area contributed by atoms with Crippen molar-refractivity contribution in [2.75, 3.05) is 6.61 Å². The summed E-state index contributed by atoms with van der Waals surface area (Å²) in [7, 11) is 0. The van der Waals surface area contributed by atoms with Crippen molar-refractivity contribution in [3.63, 3.8) is 0 Å². The summed E-state index contributed by atoms with van der Waals surface area (Å²) in [6.07, 6.45) is 4.27. The fourth-order valence-electron chi connectivity index (χ4n) is 3.55. The lowest BCUT2D eigenvalue weighted by Crippen LogP contribution is -2.26. The van der Waals surface area contributed by atoms with Crippen LogP contribution in [0.2, 0.25) is 0 Å². The molecule has 2 nitrogen and oxygen atoms in total. The lowest BCUT2D eigenvalue weighted by molar-refractivity contribution is -0.0390. The minimum Gasteiger partial charge on any atom is -0.489 e. The molecule has 0 N–H and O–H groups in total. The van der Waals surface area contributed by atoms with E-state index in [1.165, 1.54) is 16.3 Å². The van der Waals surface area contributed by atoms with E-state index in [1.807, 2.05) is 18.2 Å². The number of hydrogen-bond donors (Lipinski definition) is 0. The van der Waals surface area contributed by atoms with Gasteiger partial charge in [0.15, 0.2) is 0 Å². The second kappa shape index (κ2) is 4.71. The smallest absolute Gasteiger partial charge is 0.150 e. The van der Waals surface area contributed by atoms with E-state index in [9.17, 15) is 0 Å². The van der Waals surface area contributed by atoms with E-state index in [2.05, 4.69) is 60.7 Å². The molecule has 2 aliphatic heterocycles. The minimum atomic E-state index is -0.438. The van der Waals surface area contributed by atoms with Gasteiger partial charge in [-0.2, -0.15) is 0 Å². The molecule has 0 unspecified atom stereocenters. The van der Waals surface area contributed by atoms with E-state index >= 15 is 0 Å². The quantitative estimate of drug-likeness (QED) is 0.603. The second-order valence-electron chi connectivity index (χ2n) is 6.18. The molecule has 5 rings (SSSR count). The third kappa shape index (κ3) is 1.92. The Morgan fingerprint density at radius 2 is 1.70 bits per heavy atom. The number of rotatable bonds is 1. The molecule has 0 saturated carbocycles. The van der Waals surface area contributed by atoms with E-state index in [4.69, 9.17) is 9.47 Å². The van der Waals surface area contributed by atoms with Crippen LogP contribution in [0.5, 0.6) is 5.75 Å². The molecule has 2 aliphatic rings. The van der Waals surface area contributed by atoms with Crippen LogP contribution in [0.1, 0.15) is 17.2 Å². The van der Waals surface area contributed by atoms with Gasteiger partial charge in [-0.1, -0.05) is 60.7 Å². The van der Waals surface area contributed by atoms with Gasteiger partial charge >= 0.3 is 0 Å². The second-order valence-corrected chi connectivity index (χ2v) is 6.18. The molecule has 0 radical (unpaired) electrons. The van der Waals surface area contributed by atoms with Crippen molar-refractivity contribution in [1.29, 1.82) is 0 Å². The van der Waals surface area contributed by atoms with Gasteiger partial charge in [-0.25, -0.2) is 0 Å². The third-order valence-electron chi connectivity index (χ3n) is 4.76. The maximum Gasteiger partial charge on any atom is 0.150 e. The number of hydrogen-bond acceptors (Lipinski definition) is 2. The monoisotopic (exact) mass is 300 g/mol. The number of ether oxygens (including phenoxy) is 2. The van der Waals surface area contributed by atoms with Gasteiger partial charge in [0.25, 0.3) is 0 Å². The van der Waals surface area contributed by atoms with Gasteiger partial charge in [0.1, 0.15) is 24.1 Å². The fraction of sp³-hybridized carbons (Fsp3) is 0.143. The van der Waals surface area contributed by atoms with Crippen LogP contribution in [0, 0.1) is 0 Å². The number of para-hydroxylation sites is 1. The first-order valence-electron chi connectivity index (χ1n) is 7.92. The Kier molecular flexibility index (Phi) is 2.64. The number of benzene rings is 3. The molecule has 0 amide bonds. The zero-order chi connectivity index (χ0) is 15.3. The Balaban J connectivity index is 1.51. The third-order valence-corrected chi connectivity index (χ3v) is 4.76. The van der Waals surface area contributed by atoms with Crippen LogP contribution in [0.25, 0.3) is 10.8 Å². The SMILES string of the molecule is C1=C[C@@]2(COc3ccccc32)O[C@H]1c1ccc2ccccc2c1. The Bertz CT molecular complexity index is 928. The van der Waals surface area contributed by atoms with E-state index in [1.54, 1.807) is 0 Å². The van der Waals surface area contributed by atoms with Crippen molar-refractivity contribution < 1.29 is 9.47 Å². The molecule has 0 saturated heterocycles. The average molecular weight is 300 g/mol. The molecule has 0 bridgehead atoms. The zero-order valence-corrected chi connectivity index (χ0v) is 12.6. The summed E-state index contributed by atoms with van der Waals surface area (Å²) in [5.74, 6) is 0.927. The Morgan fingerprint density at radius 3 is 2.65 bits per heavy atom. The van der Waals surface area contributed by atoms with Crippen LogP contribution in [-0.2, 0) is 10.3 Å². The summed E-state index contributed by atoms with van der Waals surface area (Å²) in [6.45, 7) is 0.549. The van der Waals surface area contributed by atoms with Gasteiger partial charge in [-0.15, -0.1) is 0 Å². The van der Waals surface area contributed by atoms with Crippen LogP contribution in [-0.4, -0.2) is 6.61 Å². The van der Waals surface area contributed by atoms with Crippen LogP contribution >= 0.6 is 0 Å². The highest BCUT2D eigenvalue weighted by atomic mass is 16.6. The Hall–Kier alpha value is -2.58. The first-order valence-corrected chi connectivity index (χ1v) is 7.92. The predicted molar refractivity (Wildman–Crippen MR) is 90.5 cm³/mol. The first kappa shape index (κ1) is 12.9. The van der Waals surface area contributed by atoms with Gasteiger partial charge in [-0.05, 0) is 34.5 Å². The summed E-state index contributed by atoms with van der Waals surface area (Å²) < 4.78 is 12.2. The summed E-state index contributed by atoms with van der Waals surface area (Å²) in [5, 5.41) is 2.49. The minimum absolute atomic E-state index is 0.0330. The lowest BCUT2D eigenvalue weighted by Gasteiger charge is -2.23. The summed E-state index contributed by atoms with van der Waals surface area (Å²) in [6, 6.07) is 23.1. The van der Waals surface area contributed by atoms with Crippen molar-refractivity contribution in [3.8, 4) is 5.75 Å². The topological polar surface area (TPSA) is 18.5 Å². The molecule has 0 aromatic heterocycles. The molecule has 2 heteroatoms. The summed E-state index contributed by atoms with van der Waals surface area (Å²) >= 11 is 0. The van der Waals surface area contributed by atoms with E-state index in [0.717, 1.165) is 11.3 Å². The van der Waals surface area contributed by atoms with Crippen LogP contribution in [0.4, 0.5) is 0 Å². The van der Waals surface area contributed by atoms with Crippen molar-refractivity contribution in [2.45, 2.75) is 11.7 Å². The maximum absolute atomic E-state index is 6.44. The molecule has 1 spiro atoms. The van der Waals surface area contributed by atoms with E-state index in [-0.39, 0.29) is 6.10 Å². The molecule has 2 atom stereocenters. The molecule has 0 fully saturated rings. The highest BCUT2D eigenvalue weighted by Crippen LogP contribution is 2.47. The van der Waals surface area contributed by atoms with Gasteiger partial charge < -0.3 is 9.47 Å². The lowest BCUT2D eigenvalue weighted by atomic mass is 9.97. The fourth-order valence-corrected chi connectivity index (χ4v) is 3.55. The maximum atomic E-state index is 6.44. The molecule has 3 aromatic rings.